The monoisotopic (exact) mass is 329 g/mol. The maximum Gasteiger partial charge on any atom is 0.416 e. The molecule has 3 aromatic carbocycles. The molecule has 24 heavy (non-hydrogen) atoms. The summed E-state index contributed by atoms with van der Waals surface area (Å²) in [4.78, 5) is 11.1. The van der Waals surface area contributed by atoms with Crippen LogP contribution in [0, 0.1) is 0 Å². The van der Waals surface area contributed by atoms with Gasteiger partial charge < -0.3 is 5.73 Å². The Morgan fingerprint density at radius 3 is 2.25 bits per heavy atom. The van der Waals surface area contributed by atoms with Gasteiger partial charge >= 0.3 is 6.18 Å². The van der Waals surface area contributed by atoms with Crippen LogP contribution < -0.4 is 5.73 Å². The zero-order valence-corrected chi connectivity index (χ0v) is 12.6. The first-order valence-corrected chi connectivity index (χ1v) is 7.31. The summed E-state index contributed by atoms with van der Waals surface area (Å²) in [6.07, 6.45) is -4.72. The summed E-state index contributed by atoms with van der Waals surface area (Å²) in [7, 11) is 0. The van der Waals surface area contributed by atoms with Crippen molar-refractivity contribution in [2.45, 2.75) is 12.6 Å². The number of benzene rings is 3. The number of fused-ring (bicyclic) bond motifs is 1. The van der Waals surface area contributed by atoms with Crippen LogP contribution in [-0.2, 0) is 17.4 Å². The van der Waals surface area contributed by atoms with Crippen molar-refractivity contribution < 1.29 is 18.0 Å². The Kier molecular flexibility index (Phi) is 4.01. The molecule has 0 aromatic heterocycles. The molecule has 0 aliphatic heterocycles. The lowest BCUT2D eigenvalue weighted by molar-refractivity contribution is -0.137. The molecule has 0 saturated heterocycles. The Bertz CT molecular complexity index is 916. The third-order valence-electron chi connectivity index (χ3n) is 3.78. The fraction of sp³-hybridized carbons (Fsp3) is 0.105. The molecule has 122 valence electrons. The van der Waals surface area contributed by atoms with Crippen LogP contribution in [0.5, 0.6) is 0 Å². The van der Waals surface area contributed by atoms with E-state index in [1.807, 2.05) is 36.4 Å². The predicted molar refractivity (Wildman–Crippen MR) is 87.3 cm³/mol. The molecule has 2 nitrogen and oxygen atoms in total. The van der Waals surface area contributed by atoms with E-state index in [9.17, 15) is 18.0 Å². The highest BCUT2D eigenvalue weighted by molar-refractivity contribution is 5.87. The second kappa shape index (κ2) is 6.00. The smallest absolute Gasteiger partial charge is 0.369 e. The molecule has 0 radical (unpaired) electrons. The minimum Gasteiger partial charge on any atom is -0.369 e. The normalized spacial score (nSPS) is 11.6. The molecule has 0 bridgehead atoms. The highest BCUT2D eigenvalue weighted by atomic mass is 19.4. The zero-order valence-electron chi connectivity index (χ0n) is 12.6. The molecule has 0 saturated carbocycles. The van der Waals surface area contributed by atoms with Gasteiger partial charge in [-0.2, -0.15) is 13.2 Å². The largest absolute Gasteiger partial charge is 0.416 e. The van der Waals surface area contributed by atoms with Gasteiger partial charge in [-0.1, -0.05) is 42.5 Å². The van der Waals surface area contributed by atoms with Gasteiger partial charge in [0.15, 0.2) is 0 Å². The van der Waals surface area contributed by atoms with Crippen molar-refractivity contribution in [3.8, 4) is 11.1 Å². The van der Waals surface area contributed by atoms with Crippen LogP contribution in [0.25, 0.3) is 21.9 Å². The zero-order chi connectivity index (χ0) is 17.3. The molecule has 1 amide bonds. The minimum absolute atomic E-state index is 0.232. The van der Waals surface area contributed by atoms with Gasteiger partial charge in [0.25, 0.3) is 0 Å². The molecule has 0 unspecified atom stereocenters. The van der Waals surface area contributed by atoms with E-state index >= 15 is 0 Å². The van der Waals surface area contributed by atoms with Gasteiger partial charge in [0, 0.05) is 0 Å². The summed E-state index contributed by atoms with van der Waals surface area (Å²) in [5.74, 6) is -0.668. The molecule has 0 heterocycles. The highest BCUT2D eigenvalue weighted by Gasteiger charge is 2.31. The Morgan fingerprint density at radius 2 is 1.58 bits per heavy atom. The molecule has 0 aliphatic carbocycles. The Morgan fingerprint density at radius 1 is 0.875 bits per heavy atom. The standard InChI is InChI=1S/C19H14F3NO/c20-19(21,22)17-8-12(9-18(23)24)7-16(11-17)15-6-5-13-3-1-2-4-14(13)10-15/h1-8,10-11H,9H2,(H2,23,24). The molecular weight excluding hydrogens is 315 g/mol. The summed E-state index contributed by atoms with van der Waals surface area (Å²) < 4.78 is 39.4. The molecule has 3 rings (SSSR count). The number of nitrogens with two attached hydrogens (primary N) is 1. The van der Waals surface area contributed by atoms with Crippen molar-refractivity contribution in [3.05, 3.63) is 71.8 Å². The van der Waals surface area contributed by atoms with E-state index in [1.165, 1.54) is 0 Å². The number of hydrogen-bond acceptors (Lipinski definition) is 1. The predicted octanol–water partition coefficient (Wildman–Crippen LogP) is 4.55. The summed E-state index contributed by atoms with van der Waals surface area (Å²) in [6.45, 7) is 0. The van der Waals surface area contributed by atoms with Crippen molar-refractivity contribution in [3.63, 3.8) is 0 Å². The van der Waals surface area contributed by atoms with Crippen LogP contribution in [0.4, 0.5) is 13.2 Å². The number of alkyl halides is 3. The first-order chi connectivity index (χ1) is 11.3. The third-order valence-corrected chi connectivity index (χ3v) is 3.78. The van der Waals surface area contributed by atoms with Gasteiger partial charge in [-0.3, -0.25) is 4.79 Å². The summed E-state index contributed by atoms with van der Waals surface area (Å²) in [5.41, 5.74) is 5.66. The second-order valence-electron chi connectivity index (χ2n) is 5.62. The lowest BCUT2D eigenvalue weighted by Crippen LogP contribution is -2.14. The highest BCUT2D eigenvalue weighted by Crippen LogP contribution is 2.34. The van der Waals surface area contributed by atoms with Gasteiger partial charge in [0.05, 0.1) is 12.0 Å². The number of halogens is 3. The minimum atomic E-state index is -4.49. The van der Waals surface area contributed by atoms with E-state index in [1.54, 1.807) is 12.1 Å². The Balaban J connectivity index is 2.15. The average molecular weight is 329 g/mol. The molecule has 0 atom stereocenters. The number of carbonyl (C=O) groups excluding carboxylic acids is 1. The maximum absolute atomic E-state index is 13.1. The van der Waals surface area contributed by atoms with Gasteiger partial charge in [0.1, 0.15) is 0 Å². The number of hydrogen-bond donors (Lipinski definition) is 1. The maximum atomic E-state index is 13.1. The van der Waals surface area contributed by atoms with Crippen molar-refractivity contribution in [2.75, 3.05) is 0 Å². The number of primary amides is 1. The van der Waals surface area contributed by atoms with E-state index in [0.717, 1.165) is 22.9 Å². The van der Waals surface area contributed by atoms with Crippen LogP contribution in [0.3, 0.4) is 0 Å². The van der Waals surface area contributed by atoms with Crippen LogP contribution in [0.15, 0.2) is 60.7 Å². The second-order valence-corrected chi connectivity index (χ2v) is 5.62. The van der Waals surface area contributed by atoms with Gasteiger partial charge in [0.2, 0.25) is 5.91 Å². The quantitative estimate of drug-likeness (QED) is 0.752. The van der Waals surface area contributed by atoms with E-state index in [-0.39, 0.29) is 12.0 Å². The van der Waals surface area contributed by atoms with Gasteiger partial charge in [-0.05, 0) is 45.7 Å². The van der Waals surface area contributed by atoms with Gasteiger partial charge in [-0.15, -0.1) is 0 Å². The van der Waals surface area contributed by atoms with Crippen molar-refractivity contribution in [1.82, 2.24) is 0 Å². The summed E-state index contributed by atoms with van der Waals surface area (Å²) >= 11 is 0. The van der Waals surface area contributed by atoms with Crippen LogP contribution in [0.1, 0.15) is 11.1 Å². The molecule has 5 heteroatoms. The first-order valence-electron chi connectivity index (χ1n) is 7.31. The summed E-state index contributed by atoms with van der Waals surface area (Å²) in [6, 6.07) is 16.7. The first kappa shape index (κ1) is 16.1. The number of rotatable bonds is 3. The number of amides is 1. The van der Waals surface area contributed by atoms with Crippen LogP contribution >= 0.6 is 0 Å². The lowest BCUT2D eigenvalue weighted by Gasteiger charge is -2.12. The van der Waals surface area contributed by atoms with Gasteiger partial charge in [-0.25, -0.2) is 0 Å². The Labute approximate surface area is 136 Å². The van der Waals surface area contributed by atoms with Crippen molar-refractivity contribution in [1.29, 1.82) is 0 Å². The molecule has 3 aromatic rings. The lowest BCUT2D eigenvalue weighted by atomic mass is 9.96. The third kappa shape index (κ3) is 3.40. The molecule has 0 aliphatic rings. The molecule has 2 N–H and O–H groups in total. The Hall–Kier alpha value is -2.82. The fourth-order valence-electron chi connectivity index (χ4n) is 2.69. The SMILES string of the molecule is NC(=O)Cc1cc(-c2ccc3ccccc3c2)cc(C(F)(F)F)c1. The molecule has 0 fully saturated rings. The van der Waals surface area contributed by atoms with Crippen LogP contribution in [0.2, 0.25) is 0 Å². The van der Waals surface area contributed by atoms with E-state index < -0.39 is 17.6 Å². The molecular formula is C19H14F3NO. The van der Waals surface area contributed by atoms with Crippen molar-refractivity contribution in [2.24, 2.45) is 5.73 Å². The van der Waals surface area contributed by atoms with Crippen LogP contribution in [-0.4, -0.2) is 5.91 Å². The summed E-state index contributed by atoms with van der Waals surface area (Å²) in [5, 5.41) is 1.94. The van der Waals surface area contributed by atoms with Crippen molar-refractivity contribution >= 4 is 16.7 Å². The van der Waals surface area contributed by atoms with E-state index in [0.29, 0.717) is 11.1 Å². The number of carbonyl (C=O) groups is 1. The fourth-order valence-corrected chi connectivity index (χ4v) is 2.69. The van der Waals surface area contributed by atoms with E-state index in [4.69, 9.17) is 5.73 Å². The topological polar surface area (TPSA) is 43.1 Å². The molecule has 0 spiro atoms. The average Bonchev–Trinajstić information content (AvgIpc) is 2.52. The van der Waals surface area contributed by atoms with E-state index in [2.05, 4.69) is 0 Å².